The zero-order valence-corrected chi connectivity index (χ0v) is 7.73. The highest BCUT2D eigenvalue weighted by atomic mass is 16.1. The predicted octanol–water partition coefficient (Wildman–Crippen LogP) is 1.29. The minimum absolute atomic E-state index is 0.0942. The number of nitrogens with one attached hydrogen (secondary N) is 1. The molecule has 0 bridgehead atoms. The van der Waals surface area contributed by atoms with Gasteiger partial charge in [0, 0.05) is 18.5 Å². The lowest BCUT2D eigenvalue weighted by atomic mass is 9.81. The lowest BCUT2D eigenvalue weighted by molar-refractivity contribution is 0.417. The Morgan fingerprint density at radius 2 is 2.36 bits per heavy atom. The monoisotopic (exact) mass is 189 g/mol. The maximum absolute atomic E-state index is 11.0. The van der Waals surface area contributed by atoms with Gasteiger partial charge in [-0.25, -0.2) is 9.50 Å². The maximum Gasteiger partial charge on any atom is 0.266 e. The van der Waals surface area contributed by atoms with Crippen molar-refractivity contribution in [3.63, 3.8) is 0 Å². The van der Waals surface area contributed by atoms with E-state index in [1.807, 2.05) is 12.4 Å². The third-order valence-electron chi connectivity index (χ3n) is 2.94. The van der Waals surface area contributed by atoms with Crippen LogP contribution in [0.15, 0.2) is 23.3 Å². The van der Waals surface area contributed by atoms with Crippen LogP contribution in [0.3, 0.4) is 0 Å². The summed E-state index contributed by atoms with van der Waals surface area (Å²) in [7, 11) is 0. The van der Waals surface area contributed by atoms with E-state index in [0.29, 0.717) is 11.6 Å². The highest BCUT2D eigenvalue weighted by Gasteiger charge is 2.20. The van der Waals surface area contributed by atoms with E-state index in [0.717, 1.165) is 0 Å². The average molecular weight is 189 g/mol. The molecule has 1 N–H and O–H groups in total. The molecule has 4 nitrogen and oxygen atoms in total. The van der Waals surface area contributed by atoms with Crippen LogP contribution in [0, 0.1) is 0 Å². The van der Waals surface area contributed by atoms with E-state index < -0.39 is 0 Å². The quantitative estimate of drug-likeness (QED) is 0.734. The second kappa shape index (κ2) is 2.70. The van der Waals surface area contributed by atoms with Crippen molar-refractivity contribution in [2.45, 2.75) is 25.2 Å². The van der Waals surface area contributed by atoms with Gasteiger partial charge in [-0.15, -0.1) is 0 Å². The third kappa shape index (κ3) is 1.07. The average Bonchev–Trinajstić information content (AvgIpc) is 2.40. The predicted molar refractivity (Wildman–Crippen MR) is 52.4 cm³/mol. The number of aromatic amines is 1. The standard InChI is InChI=1S/C10H11N3O/c14-10-4-9-11-5-8(6-13(9)12-10)7-2-1-3-7/h4-7H,1-3H2,(H,12,14). The summed E-state index contributed by atoms with van der Waals surface area (Å²) >= 11 is 0. The molecule has 2 heterocycles. The van der Waals surface area contributed by atoms with E-state index in [9.17, 15) is 4.79 Å². The first-order valence-electron chi connectivity index (χ1n) is 4.90. The Bertz CT molecular complexity index is 521. The van der Waals surface area contributed by atoms with Crippen LogP contribution >= 0.6 is 0 Å². The van der Waals surface area contributed by atoms with Crippen molar-refractivity contribution in [3.8, 4) is 0 Å². The summed E-state index contributed by atoms with van der Waals surface area (Å²) < 4.78 is 1.70. The Balaban J connectivity index is 2.13. The van der Waals surface area contributed by atoms with E-state index in [1.165, 1.54) is 30.9 Å². The summed E-state index contributed by atoms with van der Waals surface area (Å²) in [5.74, 6) is 0.651. The van der Waals surface area contributed by atoms with Crippen molar-refractivity contribution in [2.75, 3.05) is 0 Å². The SMILES string of the molecule is O=c1cc2ncc(C3CCC3)cn2[nH]1. The minimum Gasteiger partial charge on any atom is -0.268 e. The Labute approximate surface area is 80.6 Å². The van der Waals surface area contributed by atoms with Gasteiger partial charge in [0.05, 0.1) is 0 Å². The lowest BCUT2D eigenvalue weighted by Crippen LogP contribution is -2.10. The van der Waals surface area contributed by atoms with Crippen LogP contribution in [-0.2, 0) is 0 Å². The zero-order chi connectivity index (χ0) is 9.54. The zero-order valence-electron chi connectivity index (χ0n) is 7.73. The Morgan fingerprint density at radius 3 is 3.07 bits per heavy atom. The molecule has 0 saturated heterocycles. The Hall–Kier alpha value is -1.58. The van der Waals surface area contributed by atoms with Crippen molar-refractivity contribution < 1.29 is 0 Å². The summed E-state index contributed by atoms with van der Waals surface area (Å²) in [5.41, 5.74) is 1.83. The number of nitrogens with zero attached hydrogens (tertiary/aromatic N) is 2. The molecule has 1 fully saturated rings. The number of fused-ring (bicyclic) bond motifs is 1. The number of hydrogen-bond donors (Lipinski definition) is 1. The van der Waals surface area contributed by atoms with Crippen LogP contribution in [0.25, 0.3) is 5.65 Å². The fraction of sp³-hybridized carbons (Fsp3) is 0.400. The van der Waals surface area contributed by atoms with Crippen molar-refractivity contribution in [3.05, 3.63) is 34.4 Å². The van der Waals surface area contributed by atoms with Crippen LogP contribution in [-0.4, -0.2) is 14.6 Å². The molecule has 3 rings (SSSR count). The molecule has 1 aliphatic rings. The van der Waals surface area contributed by atoms with Crippen LogP contribution in [0.4, 0.5) is 0 Å². The van der Waals surface area contributed by atoms with E-state index in [2.05, 4.69) is 10.1 Å². The van der Waals surface area contributed by atoms with Crippen molar-refractivity contribution in [1.29, 1.82) is 0 Å². The number of hydrogen-bond acceptors (Lipinski definition) is 2. The van der Waals surface area contributed by atoms with Crippen molar-refractivity contribution >= 4 is 5.65 Å². The van der Waals surface area contributed by atoms with Gasteiger partial charge >= 0.3 is 0 Å². The van der Waals surface area contributed by atoms with Gasteiger partial charge in [0.1, 0.15) is 0 Å². The van der Waals surface area contributed by atoms with Gasteiger partial charge in [-0.2, -0.15) is 0 Å². The molecule has 0 unspecified atom stereocenters. The molecule has 72 valence electrons. The number of H-pyrrole nitrogens is 1. The highest BCUT2D eigenvalue weighted by molar-refractivity contribution is 5.36. The first kappa shape index (κ1) is 7.79. The van der Waals surface area contributed by atoms with Gasteiger partial charge in [-0.1, -0.05) is 6.42 Å². The molecule has 2 aromatic rings. The van der Waals surface area contributed by atoms with Gasteiger partial charge in [0.15, 0.2) is 5.65 Å². The largest absolute Gasteiger partial charge is 0.268 e. The van der Waals surface area contributed by atoms with E-state index >= 15 is 0 Å². The number of rotatable bonds is 1. The molecule has 1 saturated carbocycles. The summed E-state index contributed by atoms with van der Waals surface area (Å²) in [5, 5.41) is 2.70. The molecular formula is C10H11N3O. The summed E-state index contributed by atoms with van der Waals surface area (Å²) in [6.07, 6.45) is 7.67. The van der Waals surface area contributed by atoms with E-state index in [-0.39, 0.29) is 5.56 Å². The Kier molecular flexibility index (Phi) is 1.50. The third-order valence-corrected chi connectivity index (χ3v) is 2.94. The number of aromatic nitrogens is 3. The fourth-order valence-corrected chi connectivity index (χ4v) is 1.87. The van der Waals surface area contributed by atoms with Gasteiger partial charge in [0.25, 0.3) is 5.56 Å². The highest BCUT2D eigenvalue weighted by Crippen LogP contribution is 2.35. The van der Waals surface area contributed by atoms with Gasteiger partial charge in [-0.3, -0.25) is 9.89 Å². The molecule has 2 aromatic heterocycles. The van der Waals surface area contributed by atoms with Gasteiger partial charge < -0.3 is 0 Å². The molecule has 0 radical (unpaired) electrons. The lowest BCUT2D eigenvalue weighted by Gasteiger charge is -2.25. The summed E-state index contributed by atoms with van der Waals surface area (Å²) in [6.45, 7) is 0. The maximum atomic E-state index is 11.0. The van der Waals surface area contributed by atoms with Gasteiger partial charge in [0.2, 0.25) is 0 Å². The topological polar surface area (TPSA) is 50.2 Å². The van der Waals surface area contributed by atoms with Crippen LogP contribution in [0.2, 0.25) is 0 Å². The molecule has 4 heteroatoms. The molecule has 0 spiro atoms. The van der Waals surface area contributed by atoms with Gasteiger partial charge in [-0.05, 0) is 24.3 Å². The molecule has 14 heavy (non-hydrogen) atoms. The smallest absolute Gasteiger partial charge is 0.266 e. The van der Waals surface area contributed by atoms with Crippen LogP contribution in [0.5, 0.6) is 0 Å². The molecule has 0 atom stereocenters. The summed E-state index contributed by atoms with van der Waals surface area (Å²) in [4.78, 5) is 15.3. The second-order valence-electron chi connectivity index (χ2n) is 3.86. The fourth-order valence-electron chi connectivity index (χ4n) is 1.87. The van der Waals surface area contributed by atoms with Crippen LogP contribution in [0.1, 0.15) is 30.7 Å². The second-order valence-corrected chi connectivity index (χ2v) is 3.86. The van der Waals surface area contributed by atoms with E-state index in [1.54, 1.807) is 4.52 Å². The minimum atomic E-state index is -0.0942. The normalized spacial score (nSPS) is 17.1. The molecule has 0 aromatic carbocycles. The summed E-state index contributed by atoms with van der Waals surface area (Å²) in [6, 6.07) is 1.50. The van der Waals surface area contributed by atoms with Crippen LogP contribution < -0.4 is 5.56 Å². The first-order chi connectivity index (χ1) is 6.83. The van der Waals surface area contributed by atoms with Crippen molar-refractivity contribution in [1.82, 2.24) is 14.6 Å². The van der Waals surface area contributed by atoms with Crippen molar-refractivity contribution in [2.24, 2.45) is 0 Å². The molecular weight excluding hydrogens is 178 g/mol. The molecule has 0 amide bonds. The van der Waals surface area contributed by atoms with E-state index in [4.69, 9.17) is 0 Å². The molecule has 0 aliphatic heterocycles. The first-order valence-corrected chi connectivity index (χ1v) is 4.90. The molecule has 1 aliphatic carbocycles. The Morgan fingerprint density at radius 1 is 1.50 bits per heavy atom.